The maximum Gasteiger partial charge on any atom is 0.220 e. The smallest absolute Gasteiger partial charge is 0.220 e. The summed E-state index contributed by atoms with van der Waals surface area (Å²) >= 11 is 0. The first-order valence-electron chi connectivity index (χ1n) is 7.29. The molecule has 0 spiro atoms. The van der Waals surface area contributed by atoms with Crippen molar-refractivity contribution in [1.29, 1.82) is 0 Å². The number of hydrogen-bond acceptors (Lipinski definition) is 4. The van der Waals surface area contributed by atoms with Crippen molar-refractivity contribution in [1.82, 2.24) is 10.6 Å². The summed E-state index contributed by atoms with van der Waals surface area (Å²) in [5.41, 5.74) is 0. The molecule has 6 nitrogen and oxygen atoms in total. The van der Waals surface area contributed by atoms with Gasteiger partial charge in [-0.3, -0.25) is 9.59 Å². The van der Waals surface area contributed by atoms with Gasteiger partial charge >= 0.3 is 0 Å². The molecule has 118 valence electrons. The number of hydrogen-bond donors (Lipinski definition) is 2. The SMILES string of the molecule is CCC(=O)NCCCC(=O)NCCOCCOC(C)C. The van der Waals surface area contributed by atoms with Crippen molar-refractivity contribution in [3.8, 4) is 0 Å². The topological polar surface area (TPSA) is 76.7 Å². The Balaban J connectivity index is 3.26. The van der Waals surface area contributed by atoms with E-state index in [2.05, 4.69) is 10.6 Å². The van der Waals surface area contributed by atoms with Crippen LogP contribution < -0.4 is 10.6 Å². The van der Waals surface area contributed by atoms with E-state index < -0.39 is 0 Å². The zero-order chi connectivity index (χ0) is 15.2. The monoisotopic (exact) mass is 288 g/mol. The van der Waals surface area contributed by atoms with E-state index >= 15 is 0 Å². The third-order valence-electron chi connectivity index (χ3n) is 2.47. The quantitative estimate of drug-likeness (QED) is 0.522. The van der Waals surface area contributed by atoms with Gasteiger partial charge < -0.3 is 20.1 Å². The van der Waals surface area contributed by atoms with Crippen LogP contribution in [-0.4, -0.2) is 50.8 Å². The minimum atomic E-state index is -0.0159. The molecule has 0 aromatic heterocycles. The van der Waals surface area contributed by atoms with Crippen LogP contribution in [0.2, 0.25) is 0 Å². The van der Waals surface area contributed by atoms with E-state index in [1.807, 2.05) is 13.8 Å². The molecule has 0 aliphatic rings. The Morgan fingerprint density at radius 1 is 1.00 bits per heavy atom. The summed E-state index contributed by atoms with van der Waals surface area (Å²) in [6, 6.07) is 0. The number of nitrogens with one attached hydrogen (secondary N) is 2. The van der Waals surface area contributed by atoms with Crippen LogP contribution in [0.3, 0.4) is 0 Å². The second-order valence-electron chi connectivity index (χ2n) is 4.69. The fourth-order valence-corrected chi connectivity index (χ4v) is 1.40. The molecule has 2 N–H and O–H groups in total. The first kappa shape index (κ1) is 18.9. The van der Waals surface area contributed by atoms with Crippen LogP contribution >= 0.6 is 0 Å². The van der Waals surface area contributed by atoms with Gasteiger partial charge in [-0.2, -0.15) is 0 Å². The van der Waals surface area contributed by atoms with Crippen LogP contribution in [0.5, 0.6) is 0 Å². The van der Waals surface area contributed by atoms with Crippen LogP contribution in [0.4, 0.5) is 0 Å². The number of carbonyl (C=O) groups excluding carboxylic acids is 2. The van der Waals surface area contributed by atoms with Crippen molar-refractivity contribution in [2.24, 2.45) is 0 Å². The maximum atomic E-state index is 11.4. The highest BCUT2D eigenvalue weighted by molar-refractivity contribution is 5.76. The van der Waals surface area contributed by atoms with Gasteiger partial charge in [-0.25, -0.2) is 0 Å². The fourth-order valence-electron chi connectivity index (χ4n) is 1.40. The third kappa shape index (κ3) is 13.3. The van der Waals surface area contributed by atoms with E-state index in [-0.39, 0.29) is 17.9 Å². The molecule has 20 heavy (non-hydrogen) atoms. The van der Waals surface area contributed by atoms with Crippen molar-refractivity contribution < 1.29 is 19.1 Å². The predicted octanol–water partition coefficient (Wildman–Crippen LogP) is 0.851. The van der Waals surface area contributed by atoms with Crippen molar-refractivity contribution in [2.75, 3.05) is 32.9 Å². The number of ether oxygens (including phenoxy) is 2. The molecule has 2 amide bonds. The van der Waals surface area contributed by atoms with Crippen molar-refractivity contribution in [2.45, 2.75) is 46.1 Å². The largest absolute Gasteiger partial charge is 0.377 e. The molecular weight excluding hydrogens is 260 g/mol. The van der Waals surface area contributed by atoms with E-state index in [9.17, 15) is 9.59 Å². The van der Waals surface area contributed by atoms with E-state index in [1.54, 1.807) is 6.92 Å². The Morgan fingerprint density at radius 3 is 2.35 bits per heavy atom. The Labute approximate surface area is 121 Å². The molecule has 0 saturated carbocycles. The van der Waals surface area contributed by atoms with Crippen LogP contribution in [0, 0.1) is 0 Å². The highest BCUT2D eigenvalue weighted by Crippen LogP contribution is 1.89. The lowest BCUT2D eigenvalue weighted by molar-refractivity contribution is -0.123. The molecule has 0 heterocycles. The van der Waals surface area contributed by atoms with Crippen molar-refractivity contribution in [3.63, 3.8) is 0 Å². The van der Waals surface area contributed by atoms with E-state index in [0.29, 0.717) is 52.2 Å². The summed E-state index contributed by atoms with van der Waals surface area (Å²) in [5, 5.41) is 5.50. The first-order chi connectivity index (χ1) is 9.56. The van der Waals surface area contributed by atoms with E-state index in [4.69, 9.17) is 9.47 Å². The molecule has 0 bridgehead atoms. The highest BCUT2D eigenvalue weighted by Gasteiger charge is 2.01. The van der Waals surface area contributed by atoms with E-state index in [0.717, 1.165) is 0 Å². The van der Waals surface area contributed by atoms with Gasteiger partial charge in [0.2, 0.25) is 11.8 Å². The average Bonchev–Trinajstić information content (AvgIpc) is 2.41. The molecular formula is C14H28N2O4. The third-order valence-corrected chi connectivity index (χ3v) is 2.47. The summed E-state index contributed by atoms with van der Waals surface area (Å²) < 4.78 is 10.6. The van der Waals surface area contributed by atoms with Crippen LogP contribution in [0.1, 0.15) is 40.0 Å². The van der Waals surface area contributed by atoms with Gasteiger partial charge in [-0.05, 0) is 20.3 Å². The minimum Gasteiger partial charge on any atom is -0.377 e. The Kier molecular flexibility index (Phi) is 12.1. The molecule has 0 aliphatic carbocycles. The molecule has 0 fully saturated rings. The summed E-state index contributed by atoms with van der Waals surface area (Å²) in [4.78, 5) is 22.4. The molecule has 0 aromatic rings. The van der Waals surface area contributed by atoms with Crippen molar-refractivity contribution >= 4 is 11.8 Å². The normalized spacial score (nSPS) is 10.6. The molecule has 0 atom stereocenters. The standard InChI is InChI=1S/C14H28N2O4/c1-4-13(17)15-7-5-6-14(18)16-8-9-19-10-11-20-12(2)3/h12H,4-11H2,1-3H3,(H,15,17)(H,16,18). The van der Waals surface area contributed by atoms with Gasteiger partial charge in [-0.15, -0.1) is 0 Å². The highest BCUT2D eigenvalue weighted by atomic mass is 16.5. The Morgan fingerprint density at radius 2 is 1.70 bits per heavy atom. The van der Waals surface area contributed by atoms with Crippen LogP contribution in [-0.2, 0) is 19.1 Å². The lowest BCUT2D eigenvalue weighted by atomic mass is 10.3. The summed E-state index contributed by atoms with van der Waals surface area (Å²) in [5.74, 6) is 0.000188. The van der Waals surface area contributed by atoms with Gasteiger partial charge in [0, 0.05) is 25.9 Å². The second-order valence-corrected chi connectivity index (χ2v) is 4.69. The molecule has 0 aliphatic heterocycles. The van der Waals surface area contributed by atoms with Gasteiger partial charge in [0.25, 0.3) is 0 Å². The maximum absolute atomic E-state index is 11.4. The Hall–Kier alpha value is -1.14. The van der Waals surface area contributed by atoms with Gasteiger partial charge in [-0.1, -0.05) is 6.92 Å². The molecule has 0 rings (SSSR count). The number of carbonyl (C=O) groups is 2. The lowest BCUT2D eigenvalue weighted by Crippen LogP contribution is -2.29. The summed E-state index contributed by atoms with van der Waals surface area (Å²) in [6.45, 7) is 8.39. The lowest BCUT2D eigenvalue weighted by Gasteiger charge is -2.09. The zero-order valence-electron chi connectivity index (χ0n) is 12.9. The zero-order valence-corrected chi connectivity index (χ0v) is 12.9. The number of rotatable bonds is 12. The minimum absolute atomic E-state index is 0.0159. The van der Waals surface area contributed by atoms with Gasteiger partial charge in [0.15, 0.2) is 0 Å². The van der Waals surface area contributed by atoms with Gasteiger partial charge in [0.1, 0.15) is 0 Å². The molecule has 0 unspecified atom stereocenters. The first-order valence-corrected chi connectivity index (χ1v) is 7.29. The summed E-state index contributed by atoms with van der Waals surface area (Å²) in [6.07, 6.45) is 1.76. The van der Waals surface area contributed by atoms with Crippen LogP contribution in [0.15, 0.2) is 0 Å². The average molecular weight is 288 g/mol. The fraction of sp³-hybridized carbons (Fsp3) is 0.857. The molecule has 0 saturated heterocycles. The van der Waals surface area contributed by atoms with Gasteiger partial charge in [0.05, 0.1) is 25.9 Å². The molecule has 0 radical (unpaired) electrons. The summed E-state index contributed by atoms with van der Waals surface area (Å²) in [7, 11) is 0. The van der Waals surface area contributed by atoms with Crippen LogP contribution in [0.25, 0.3) is 0 Å². The molecule has 0 aromatic carbocycles. The molecule has 6 heteroatoms. The van der Waals surface area contributed by atoms with E-state index in [1.165, 1.54) is 0 Å². The van der Waals surface area contributed by atoms with Crippen molar-refractivity contribution in [3.05, 3.63) is 0 Å². The second kappa shape index (κ2) is 12.9. The Bertz CT molecular complexity index is 270. The predicted molar refractivity (Wildman–Crippen MR) is 77.5 cm³/mol. The number of amides is 2.